The smallest absolute Gasteiger partial charge is 0.261 e. The van der Waals surface area contributed by atoms with Crippen LogP contribution in [0.2, 0.25) is 0 Å². The lowest BCUT2D eigenvalue weighted by molar-refractivity contribution is 0.425. The predicted octanol–water partition coefficient (Wildman–Crippen LogP) is 2.92. The molecular formula is C18H20N6O. The second-order valence-electron chi connectivity index (χ2n) is 6.17. The first-order valence-corrected chi connectivity index (χ1v) is 8.47. The summed E-state index contributed by atoms with van der Waals surface area (Å²) in [6, 6.07) is 8.32. The number of hydrogen-bond acceptors (Lipinski definition) is 7. The van der Waals surface area contributed by atoms with Crippen molar-refractivity contribution in [3.05, 3.63) is 48.7 Å². The molecule has 1 aliphatic heterocycles. The van der Waals surface area contributed by atoms with E-state index in [0.717, 1.165) is 43.0 Å². The van der Waals surface area contributed by atoms with E-state index in [2.05, 4.69) is 30.3 Å². The first kappa shape index (κ1) is 15.6. The Bertz CT molecular complexity index is 826. The molecular weight excluding hydrogens is 316 g/mol. The molecule has 0 atom stereocenters. The van der Waals surface area contributed by atoms with Crippen LogP contribution in [0.25, 0.3) is 11.5 Å². The normalized spacial score (nSPS) is 15.3. The number of nitrogens with zero attached hydrogens (tertiary/aromatic N) is 5. The van der Waals surface area contributed by atoms with E-state index >= 15 is 0 Å². The third-order valence-corrected chi connectivity index (χ3v) is 4.37. The van der Waals surface area contributed by atoms with Crippen LogP contribution in [0.1, 0.15) is 18.7 Å². The molecule has 3 aromatic rings. The van der Waals surface area contributed by atoms with Crippen molar-refractivity contribution in [3.8, 4) is 11.5 Å². The van der Waals surface area contributed by atoms with Gasteiger partial charge in [0.1, 0.15) is 5.82 Å². The van der Waals surface area contributed by atoms with Crippen LogP contribution in [0.15, 0.2) is 47.4 Å². The maximum absolute atomic E-state index is 5.33. The zero-order valence-electron chi connectivity index (χ0n) is 14.1. The van der Waals surface area contributed by atoms with E-state index in [1.165, 1.54) is 0 Å². The van der Waals surface area contributed by atoms with Gasteiger partial charge in [0, 0.05) is 37.7 Å². The lowest BCUT2D eigenvalue weighted by atomic mass is 10.0. The molecule has 7 heteroatoms. The lowest BCUT2D eigenvalue weighted by Crippen LogP contribution is -2.39. The van der Waals surface area contributed by atoms with Gasteiger partial charge < -0.3 is 14.7 Å². The van der Waals surface area contributed by atoms with Crippen LogP contribution in [0, 0.1) is 6.92 Å². The second kappa shape index (κ2) is 6.88. The average molecular weight is 336 g/mol. The minimum Gasteiger partial charge on any atom is -0.381 e. The van der Waals surface area contributed by atoms with Crippen molar-refractivity contribution in [1.29, 1.82) is 0 Å². The molecule has 4 heterocycles. The number of piperidine rings is 1. The Morgan fingerprint density at radius 1 is 1.16 bits per heavy atom. The van der Waals surface area contributed by atoms with Crippen LogP contribution in [0.3, 0.4) is 0 Å². The van der Waals surface area contributed by atoms with Crippen LogP contribution < -0.4 is 10.2 Å². The summed E-state index contributed by atoms with van der Waals surface area (Å²) in [5, 5.41) is 7.44. The van der Waals surface area contributed by atoms with Crippen molar-refractivity contribution < 1.29 is 4.52 Å². The Kier molecular flexibility index (Phi) is 4.28. The molecule has 1 aliphatic rings. The lowest BCUT2D eigenvalue weighted by Gasteiger charge is -2.34. The van der Waals surface area contributed by atoms with E-state index in [1.54, 1.807) is 6.20 Å². The van der Waals surface area contributed by atoms with Gasteiger partial charge in [-0.25, -0.2) is 4.98 Å². The first-order valence-electron chi connectivity index (χ1n) is 8.47. The molecule has 0 amide bonds. The van der Waals surface area contributed by atoms with E-state index in [9.17, 15) is 0 Å². The van der Waals surface area contributed by atoms with Gasteiger partial charge in [-0.05, 0) is 44.0 Å². The predicted molar refractivity (Wildman–Crippen MR) is 95.4 cm³/mol. The van der Waals surface area contributed by atoms with Crippen LogP contribution in [0.5, 0.6) is 0 Å². The minimum atomic E-state index is 0.443. The summed E-state index contributed by atoms with van der Waals surface area (Å²) in [6.45, 7) is 3.67. The topological polar surface area (TPSA) is 80.0 Å². The van der Waals surface area contributed by atoms with Crippen molar-refractivity contribution >= 4 is 11.5 Å². The maximum Gasteiger partial charge on any atom is 0.261 e. The van der Waals surface area contributed by atoms with Crippen molar-refractivity contribution in [2.24, 2.45) is 0 Å². The first-order chi connectivity index (χ1) is 12.3. The molecule has 0 radical (unpaired) electrons. The summed E-state index contributed by atoms with van der Waals surface area (Å²) in [5.74, 6) is 2.06. The Morgan fingerprint density at radius 2 is 2.00 bits per heavy atom. The van der Waals surface area contributed by atoms with Crippen LogP contribution in [0.4, 0.5) is 11.5 Å². The second-order valence-corrected chi connectivity index (χ2v) is 6.17. The van der Waals surface area contributed by atoms with Crippen molar-refractivity contribution in [1.82, 2.24) is 20.1 Å². The molecule has 0 aliphatic carbocycles. The van der Waals surface area contributed by atoms with Gasteiger partial charge in [-0.15, -0.1) is 0 Å². The number of nitrogens with one attached hydrogen (secondary N) is 1. The molecule has 4 rings (SSSR count). The van der Waals surface area contributed by atoms with Crippen LogP contribution >= 0.6 is 0 Å². The van der Waals surface area contributed by atoms with Crippen molar-refractivity contribution in [3.63, 3.8) is 0 Å². The maximum atomic E-state index is 5.33. The third kappa shape index (κ3) is 3.45. The number of aromatic nitrogens is 4. The van der Waals surface area contributed by atoms with E-state index in [4.69, 9.17) is 4.52 Å². The van der Waals surface area contributed by atoms with Crippen molar-refractivity contribution in [2.75, 3.05) is 23.3 Å². The highest BCUT2D eigenvalue weighted by atomic mass is 16.5. The van der Waals surface area contributed by atoms with Gasteiger partial charge >= 0.3 is 0 Å². The number of pyridine rings is 2. The van der Waals surface area contributed by atoms with E-state index in [1.807, 2.05) is 43.6 Å². The number of rotatable bonds is 4. The van der Waals surface area contributed by atoms with Gasteiger partial charge in [0.15, 0.2) is 5.82 Å². The van der Waals surface area contributed by atoms with Gasteiger partial charge in [-0.3, -0.25) is 4.98 Å². The molecule has 7 nitrogen and oxygen atoms in total. The van der Waals surface area contributed by atoms with Gasteiger partial charge in [0.05, 0.1) is 11.3 Å². The summed E-state index contributed by atoms with van der Waals surface area (Å²) >= 11 is 0. The molecule has 1 fully saturated rings. The highest BCUT2D eigenvalue weighted by Gasteiger charge is 2.23. The molecule has 3 aromatic heterocycles. The third-order valence-electron chi connectivity index (χ3n) is 4.37. The zero-order chi connectivity index (χ0) is 17.1. The largest absolute Gasteiger partial charge is 0.381 e. The molecule has 0 bridgehead atoms. The van der Waals surface area contributed by atoms with Crippen LogP contribution in [-0.2, 0) is 0 Å². The van der Waals surface area contributed by atoms with Gasteiger partial charge in [0.2, 0.25) is 0 Å². The zero-order valence-corrected chi connectivity index (χ0v) is 14.1. The summed E-state index contributed by atoms with van der Waals surface area (Å²) in [4.78, 5) is 15.3. The SMILES string of the molecule is Cc1noc(-c2cccnc2N2CCC(Nc3cccnc3)CC2)n1. The summed E-state index contributed by atoms with van der Waals surface area (Å²) in [6.07, 6.45) is 7.53. The van der Waals surface area contributed by atoms with E-state index in [0.29, 0.717) is 17.8 Å². The van der Waals surface area contributed by atoms with Crippen LogP contribution in [-0.4, -0.2) is 39.2 Å². The standard InChI is InChI=1S/C18H20N6O/c1-13-21-18(25-23-13)16-5-3-9-20-17(16)24-10-6-14(7-11-24)22-15-4-2-8-19-12-15/h2-5,8-9,12,14,22H,6-7,10-11H2,1H3. The molecule has 1 saturated heterocycles. The molecule has 1 N–H and O–H groups in total. The molecule has 128 valence electrons. The molecule has 0 spiro atoms. The Morgan fingerprint density at radius 3 is 2.72 bits per heavy atom. The highest BCUT2D eigenvalue weighted by Crippen LogP contribution is 2.29. The quantitative estimate of drug-likeness (QED) is 0.784. The monoisotopic (exact) mass is 336 g/mol. The average Bonchev–Trinajstić information content (AvgIpc) is 3.10. The van der Waals surface area contributed by atoms with E-state index in [-0.39, 0.29) is 0 Å². The van der Waals surface area contributed by atoms with Gasteiger partial charge in [0.25, 0.3) is 5.89 Å². The Hall–Kier alpha value is -2.96. The Labute approximate surface area is 146 Å². The molecule has 0 saturated carbocycles. The molecule has 0 unspecified atom stereocenters. The van der Waals surface area contributed by atoms with Gasteiger partial charge in [-0.1, -0.05) is 5.16 Å². The fraction of sp³-hybridized carbons (Fsp3) is 0.333. The summed E-state index contributed by atoms with van der Waals surface area (Å²) < 4.78 is 5.33. The molecule has 25 heavy (non-hydrogen) atoms. The number of aryl methyl sites for hydroxylation is 1. The number of hydrogen-bond donors (Lipinski definition) is 1. The minimum absolute atomic E-state index is 0.443. The summed E-state index contributed by atoms with van der Waals surface area (Å²) in [7, 11) is 0. The fourth-order valence-corrected chi connectivity index (χ4v) is 3.14. The molecule has 0 aromatic carbocycles. The van der Waals surface area contributed by atoms with Crippen molar-refractivity contribution in [2.45, 2.75) is 25.8 Å². The summed E-state index contributed by atoms with van der Waals surface area (Å²) in [5.41, 5.74) is 1.96. The van der Waals surface area contributed by atoms with Gasteiger partial charge in [-0.2, -0.15) is 4.98 Å². The van der Waals surface area contributed by atoms with E-state index < -0.39 is 0 Å². The fourth-order valence-electron chi connectivity index (χ4n) is 3.14. The highest BCUT2D eigenvalue weighted by molar-refractivity contribution is 5.69. The number of anilines is 2. The Balaban J connectivity index is 1.46.